The summed E-state index contributed by atoms with van der Waals surface area (Å²) in [7, 11) is 5.91. The van der Waals surface area contributed by atoms with Crippen LogP contribution >= 0.6 is 0 Å². The van der Waals surface area contributed by atoms with Crippen LogP contribution in [0.15, 0.2) is 24.3 Å². The Balaban J connectivity index is 4.30. The van der Waals surface area contributed by atoms with Crippen LogP contribution in [-0.4, -0.2) is 82.3 Å². The number of carbonyl (C=O) groups excluding carboxylic acids is 3. The van der Waals surface area contributed by atoms with Gasteiger partial charge >= 0.3 is 11.9 Å². The number of carbonyl (C=O) groups is 3. The number of hydrogen-bond acceptors (Lipinski definition) is 8. The van der Waals surface area contributed by atoms with E-state index in [0.717, 1.165) is 64.2 Å². The zero-order chi connectivity index (χ0) is 44.2. The molecule has 60 heavy (non-hydrogen) atoms. The van der Waals surface area contributed by atoms with Crippen LogP contribution in [0, 0.1) is 0 Å². The highest BCUT2D eigenvalue weighted by Gasteiger charge is 2.21. The summed E-state index contributed by atoms with van der Waals surface area (Å²) in [4.78, 5) is 37.1. The number of quaternary nitrogens is 1. The number of hydrogen-bond donors (Lipinski definition) is 0. The Morgan fingerprint density at radius 2 is 0.917 bits per heavy atom. The smallest absolute Gasteiger partial charge is 0.306 e. The molecule has 0 saturated carbocycles. The van der Waals surface area contributed by atoms with Crippen molar-refractivity contribution >= 4 is 17.9 Å². The van der Waals surface area contributed by atoms with Gasteiger partial charge in [0.1, 0.15) is 13.2 Å². The normalized spacial score (nSPS) is 13.0. The van der Waals surface area contributed by atoms with E-state index in [0.29, 0.717) is 23.9 Å². The monoisotopic (exact) mass is 850 g/mol. The van der Waals surface area contributed by atoms with Crippen LogP contribution in [0.4, 0.5) is 0 Å². The van der Waals surface area contributed by atoms with Crippen LogP contribution < -0.4 is 5.11 Å². The topological polar surface area (TPSA) is 111 Å². The molecule has 0 aliphatic heterocycles. The summed E-state index contributed by atoms with van der Waals surface area (Å²) in [6.45, 7) is 4.71. The minimum Gasteiger partial charge on any atom is -0.545 e. The van der Waals surface area contributed by atoms with Crippen LogP contribution in [-0.2, 0) is 33.3 Å². The lowest BCUT2D eigenvalue weighted by Gasteiger charge is -2.26. The number of aliphatic carboxylic acids is 1. The number of likely N-dealkylation sites (N-methyl/N-ethyl adjacent to an activating group) is 1. The lowest BCUT2D eigenvalue weighted by molar-refractivity contribution is -0.870. The van der Waals surface area contributed by atoms with Gasteiger partial charge < -0.3 is 33.3 Å². The van der Waals surface area contributed by atoms with Gasteiger partial charge in [0.15, 0.2) is 12.4 Å². The van der Waals surface area contributed by atoms with Crippen molar-refractivity contribution in [2.24, 2.45) is 0 Å². The number of ether oxygens (including phenoxy) is 4. The van der Waals surface area contributed by atoms with Crippen molar-refractivity contribution in [3.63, 3.8) is 0 Å². The lowest BCUT2D eigenvalue weighted by Crippen LogP contribution is -2.44. The second kappa shape index (κ2) is 43.4. The quantitative estimate of drug-likeness (QED) is 0.0196. The van der Waals surface area contributed by atoms with Gasteiger partial charge in [-0.15, -0.1) is 0 Å². The molecule has 2 atom stereocenters. The molecule has 9 nitrogen and oxygen atoms in total. The molecule has 0 aromatic carbocycles. The molecule has 0 aliphatic rings. The second-order valence-corrected chi connectivity index (χ2v) is 18.1. The van der Waals surface area contributed by atoms with Gasteiger partial charge in [-0.3, -0.25) is 9.59 Å². The van der Waals surface area contributed by atoms with Crippen molar-refractivity contribution < 1.29 is 42.9 Å². The third kappa shape index (κ3) is 43.8. The average Bonchev–Trinajstić information content (AvgIpc) is 3.21. The zero-order valence-electron chi connectivity index (χ0n) is 39.8. The minimum atomic E-state index is -1.62. The van der Waals surface area contributed by atoms with Crippen molar-refractivity contribution in [3.05, 3.63) is 24.3 Å². The highest BCUT2D eigenvalue weighted by atomic mass is 16.7. The highest BCUT2D eigenvalue weighted by Crippen LogP contribution is 2.16. The van der Waals surface area contributed by atoms with E-state index < -0.39 is 24.3 Å². The molecule has 0 aliphatic carbocycles. The first-order valence-electron chi connectivity index (χ1n) is 25.0. The van der Waals surface area contributed by atoms with Crippen LogP contribution in [0.3, 0.4) is 0 Å². The molecule has 0 fully saturated rings. The summed E-state index contributed by atoms with van der Waals surface area (Å²) in [5.74, 6) is -2.29. The van der Waals surface area contributed by atoms with E-state index in [2.05, 4.69) is 38.2 Å². The molecule has 0 bridgehead atoms. The maximum absolute atomic E-state index is 12.8. The van der Waals surface area contributed by atoms with Crippen molar-refractivity contribution in [1.29, 1.82) is 0 Å². The fraction of sp³-hybridized carbons (Fsp3) is 0.863. The molecule has 0 spiro atoms. The number of allylic oxidation sites excluding steroid dienone is 4. The van der Waals surface area contributed by atoms with Gasteiger partial charge in [-0.05, 0) is 38.5 Å². The standard InChI is InChI=1S/C51H95NO8/c1-6-8-10-12-14-16-18-20-22-23-24-25-26-27-28-30-31-33-35-37-39-41-48(53)58-45-47(46-59-51(50(55)56)57-44-43-52(3,4)5)60-49(54)42-40-38-36-34-32-29-21-19-17-15-13-11-9-7-2/h13,15,19,21,47,51H,6-12,14,16-18,20,22-46H2,1-5H3/b15-13-,21-19-. The molecule has 0 radical (unpaired) electrons. The van der Waals surface area contributed by atoms with E-state index >= 15 is 0 Å². The Hall–Kier alpha value is -2.23. The van der Waals surface area contributed by atoms with Gasteiger partial charge in [-0.2, -0.15) is 0 Å². The number of rotatable bonds is 46. The summed E-state index contributed by atoms with van der Waals surface area (Å²) in [5.41, 5.74) is 0. The van der Waals surface area contributed by atoms with Crippen molar-refractivity contribution in [2.75, 3.05) is 47.5 Å². The lowest BCUT2D eigenvalue weighted by atomic mass is 10.0. The number of unbranched alkanes of at least 4 members (excludes halogenated alkanes) is 27. The minimum absolute atomic E-state index is 0.147. The molecule has 0 aromatic heterocycles. The van der Waals surface area contributed by atoms with Crippen molar-refractivity contribution in [3.8, 4) is 0 Å². The summed E-state index contributed by atoms with van der Waals surface area (Å²) in [6, 6.07) is 0. The number of carboxylic acids is 1. The maximum atomic E-state index is 12.8. The number of nitrogens with zero attached hydrogens (tertiary/aromatic N) is 1. The summed E-state index contributed by atoms with van der Waals surface area (Å²) >= 11 is 0. The zero-order valence-corrected chi connectivity index (χ0v) is 39.8. The third-order valence-electron chi connectivity index (χ3n) is 11.0. The third-order valence-corrected chi connectivity index (χ3v) is 11.0. The van der Waals surface area contributed by atoms with Gasteiger partial charge in [0.25, 0.3) is 0 Å². The Labute approximate surface area is 369 Å². The summed E-state index contributed by atoms with van der Waals surface area (Å²) < 4.78 is 22.6. The fourth-order valence-corrected chi connectivity index (χ4v) is 7.02. The predicted octanol–water partition coefficient (Wildman–Crippen LogP) is 12.3. The van der Waals surface area contributed by atoms with E-state index in [1.165, 1.54) is 128 Å². The van der Waals surface area contributed by atoms with Crippen LogP contribution in [0.1, 0.15) is 226 Å². The molecule has 0 aromatic rings. The molecule has 0 heterocycles. The largest absolute Gasteiger partial charge is 0.545 e. The molecule has 2 unspecified atom stereocenters. The van der Waals surface area contributed by atoms with E-state index in [1.54, 1.807) is 0 Å². The Morgan fingerprint density at radius 3 is 1.37 bits per heavy atom. The summed E-state index contributed by atoms with van der Waals surface area (Å²) in [6.07, 6.45) is 45.0. The molecular weight excluding hydrogens is 755 g/mol. The van der Waals surface area contributed by atoms with Crippen LogP contribution in [0.25, 0.3) is 0 Å². The fourth-order valence-electron chi connectivity index (χ4n) is 7.02. The Kier molecular flexibility index (Phi) is 41.8. The number of esters is 2. The molecule has 352 valence electrons. The van der Waals surface area contributed by atoms with Gasteiger partial charge in [0.05, 0.1) is 40.3 Å². The molecule has 0 rings (SSSR count). The molecule has 0 amide bonds. The molecule has 0 saturated heterocycles. The average molecular weight is 850 g/mol. The van der Waals surface area contributed by atoms with Gasteiger partial charge in [-0.1, -0.05) is 199 Å². The van der Waals surface area contributed by atoms with E-state index in [9.17, 15) is 19.5 Å². The first kappa shape index (κ1) is 57.8. The van der Waals surface area contributed by atoms with Crippen molar-refractivity contribution in [1.82, 2.24) is 0 Å². The molecular formula is C51H95NO8. The number of carboxylic acid groups (broad SMARTS) is 1. The Bertz CT molecular complexity index is 1040. The van der Waals surface area contributed by atoms with E-state index in [4.69, 9.17) is 18.9 Å². The SMILES string of the molecule is CCCC/C=C\C/C=C\CCCCCCCC(=O)OC(COC(=O)CCCCCCCCCCCCCCCCCCCCCCC)COC(OCC[N+](C)(C)C)C(=O)[O-]. The van der Waals surface area contributed by atoms with Gasteiger partial charge in [0, 0.05) is 12.8 Å². The van der Waals surface area contributed by atoms with E-state index in [1.807, 2.05) is 21.1 Å². The van der Waals surface area contributed by atoms with Crippen LogP contribution in [0.5, 0.6) is 0 Å². The van der Waals surface area contributed by atoms with E-state index in [-0.39, 0.29) is 32.2 Å². The van der Waals surface area contributed by atoms with Crippen molar-refractivity contribution in [2.45, 2.75) is 238 Å². The predicted molar refractivity (Wildman–Crippen MR) is 246 cm³/mol. The van der Waals surface area contributed by atoms with Gasteiger partial charge in [-0.25, -0.2) is 0 Å². The van der Waals surface area contributed by atoms with Crippen LogP contribution in [0.2, 0.25) is 0 Å². The molecule has 9 heteroatoms. The first-order chi connectivity index (χ1) is 29.1. The summed E-state index contributed by atoms with van der Waals surface area (Å²) in [5, 5.41) is 11.7. The first-order valence-corrected chi connectivity index (χ1v) is 25.0. The second-order valence-electron chi connectivity index (χ2n) is 18.1. The highest BCUT2D eigenvalue weighted by molar-refractivity contribution is 5.70. The Morgan fingerprint density at radius 1 is 0.500 bits per heavy atom. The maximum Gasteiger partial charge on any atom is 0.306 e. The van der Waals surface area contributed by atoms with Gasteiger partial charge in [0.2, 0.25) is 0 Å². The molecule has 0 N–H and O–H groups in total.